The maximum Gasteiger partial charge on any atom is 0.336 e. The highest BCUT2D eigenvalue weighted by atomic mass is 16.4. The van der Waals surface area contributed by atoms with Gasteiger partial charge in [-0.1, -0.05) is 0 Å². The van der Waals surface area contributed by atoms with Crippen LogP contribution in [0.25, 0.3) is 0 Å². The Balaban J connectivity index is 2.36. The highest BCUT2D eigenvalue weighted by Gasteiger charge is 2.17. The molecule has 6 heteroatoms. The molecule has 0 saturated carbocycles. The maximum absolute atomic E-state index is 12.3. The van der Waals surface area contributed by atoms with Gasteiger partial charge in [0.05, 0.1) is 16.8 Å². The number of aromatic amines is 1. The van der Waals surface area contributed by atoms with Crippen LogP contribution in [0.5, 0.6) is 0 Å². The molecule has 0 radical (unpaired) electrons. The zero-order valence-electron chi connectivity index (χ0n) is 12.4. The lowest BCUT2D eigenvalue weighted by atomic mass is 10.0. The molecule has 0 spiro atoms. The quantitative estimate of drug-likeness (QED) is 0.808. The van der Waals surface area contributed by atoms with Crippen LogP contribution in [-0.4, -0.2) is 27.2 Å². The van der Waals surface area contributed by atoms with Crippen LogP contribution in [0.2, 0.25) is 0 Å². The van der Waals surface area contributed by atoms with Crippen LogP contribution >= 0.6 is 0 Å². The SMILES string of the molecule is Cc1cc(NC(=O)c2c(C)n[nH]c2C)cc(C(=O)O)c1C. The molecule has 0 atom stereocenters. The van der Waals surface area contributed by atoms with E-state index in [0.717, 1.165) is 5.56 Å². The fraction of sp³-hybridized carbons (Fsp3) is 0.267. The molecule has 2 aromatic rings. The van der Waals surface area contributed by atoms with Gasteiger partial charge in [-0.05, 0) is 51.0 Å². The van der Waals surface area contributed by atoms with Crippen molar-refractivity contribution in [3.63, 3.8) is 0 Å². The second-order valence-corrected chi connectivity index (χ2v) is 5.03. The number of carbonyl (C=O) groups is 2. The van der Waals surface area contributed by atoms with Gasteiger partial charge in [0.15, 0.2) is 0 Å². The Morgan fingerprint density at radius 2 is 1.86 bits per heavy atom. The summed E-state index contributed by atoms with van der Waals surface area (Å²) in [5, 5.41) is 18.6. The number of H-pyrrole nitrogens is 1. The number of nitrogens with zero attached hydrogens (tertiary/aromatic N) is 1. The summed E-state index contributed by atoms with van der Waals surface area (Å²) in [7, 11) is 0. The van der Waals surface area contributed by atoms with Crippen molar-refractivity contribution in [2.45, 2.75) is 27.7 Å². The van der Waals surface area contributed by atoms with Gasteiger partial charge >= 0.3 is 5.97 Å². The number of carboxylic acid groups (broad SMARTS) is 1. The second-order valence-electron chi connectivity index (χ2n) is 5.03. The highest BCUT2D eigenvalue weighted by Crippen LogP contribution is 2.21. The summed E-state index contributed by atoms with van der Waals surface area (Å²) in [6.07, 6.45) is 0. The molecule has 6 nitrogen and oxygen atoms in total. The lowest BCUT2D eigenvalue weighted by Crippen LogP contribution is -2.15. The topological polar surface area (TPSA) is 95.1 Å². The summed E-state index contributed by atoms with van der Waals surface area (Å²) in [5.74, 6) is -1.32. The van der Waals surface area contributed by atoms with Gasteiger partial charge in [0.1, 0.15) is 0 Å². The van der Waals surface area contributed by atoms with Crippen molar-refractivity contribution in [1.82, 2.24) is 10.2 Å². The first-order chi connectivity index (χ1) is 9.81. The average Bonchev–Trinajstić information content (AvgIpc) is 2.72. The second kappa shape index (κ2) is 5.40. The Kier molecular flexibility index (Phi) is 3.80. The van der Waals surface area contributed by atoms with Crippen LogP contribution in [0.4, 0.5) is 5.69 Å². The molecule has 110 valence electrons. The van der Waals surface area contributed by atoms with E-state index in [2.05, 4.69) is 15.5 Å². The van der Waals surface area contributed by atoms with Crippen LogP contribution in [0, 0.1) is 27.7 Å². The minimum atomic E-state index is -1.01. The van der Waals surface area contributed by atoms with Crippen LogP contribution in [0.1, 0.15) is 43.2 Å². The summed E-state index contributed by atoms with van der Waals surface area (Å²) in [6, 6.07) is 3.22. The summed E-state index contributed by atoms with van der Waals surface area (Å²) >= 11 is 0. The Hall–Kier alpha value is -2.63. The Morgan fingerprint density at radius 3 is 2.38 bits per heavy atom. The first kappa shape index (κ1) is 14.8. The molecule has 0 aliphatic rings. The fourth-order valence-electron chi connectivity index (χ4n) is 2.23. The minimum absolute atomic E-state index is 0.186. The fourth-order valence-corrected chi connectivity index (χ4v) is 2.23. The molecule has 0 aliphatic carbocycles. The summed E-state index contributed by atoms with van der Waals surface area (Å²) in [6.45, 7) is 7.06. The number of rotatable bonds is 3. The number of aromatic nitrogens is 2. The molecule has 0 saturated heterocycles. The van der Waals surface area contributed by atoms with Crippen molar-refractivity contribution in [2.75, 3.05) is 5.32 Å². The van der Waals surface area contributed by atoms with Crippen molar-refractivity contribution in [3.05, 3.63) is 45.8 Å². The van der Waals surface area contributed by atoms with E-state index in [9.17, 15) is 14.7 Å². The zero-order valence-corrected chi connectivity index (χ0v) is 12.4. The Bertz CT molecular complexity index is 713. The van der Waals surface area contributed by atoms with Crippen molar-refractivity contribution in [3.8, 4) is 0 Å². The maximum atomic E-state index is 12.3. The van der Waals surface area contributed by atoms with Gasteiger partial charge in [0.2, 0.25) is 0 Å². The van der Waals surface area contributed by atoms with Gasteiger partial charge in [-0.25, -0.2) is 4.79 Å². The predicted octanol–water partition coefficient (Wildman–Crippen LogP) is 2.59. The van der Waals surface area contributed by atoms with E-state index >= 15 is 0 Å². The molecule has 1 aromatic heterocycles. The van der Waals surface area contributed by atoms with Crippen LogP contribution in [-0.2, 0) is 0 Å². The molecule has 1 amide bonds. The number of carbonyl (C=O) groups excluding carboxylic acids is 1. The number of carboxylic acids is 1. The molecule has 0 unspecified atom stereocenters. The zero-order chi connectivity index (χ0) is 15.7. The summed E-state index contributed by atoms with van der Waals surface area (Å²) in [5.41, 5.74) is 3.90. The van der Waals surface area contributed by atoms with E-state index in [1.165, 1.54) is 6.07 Å². The van der Waals surface area contributed by atoms with Gasteiger partial charge in [0.25, 0.3) is 5.91 Å². The number of hydrogen-bond acceptors (Lipinski definition) is 3. The lowest BCUT2D eigenvalue weighted by Gasteiger charge is -2.11. The monoisotopic (exact) mass is 287 g/mol. The molecular weight excluding hydrogens is 270 g/mol. The lowest BCUT2D eigenvalue weighted by molar-refractivity contribution is 0.0695. The van der Waals surface area contributed by atoms with Gasteiger partial charge in [-0.2, -0.15) is 5.10 Å². The smallest absolute Gasteiger partial charge is 0.336 e. The number of amides is 1. The molecule has 1 heterocycles. The number of benzene rings is 1. The molecule has 21 heavy (non-hydrogen) atoms. The van der Waals surface area contributed by atoms with Crippen LogP contribution in [0.15, 0.2) is 12.1 Å². The molecule has 1 aromatic carbocycles. The van der Waals surface area contributed by atoms with Crippen molar-refractivity contribution in [2.24, 2.45) is 0 Å². The summed E-state index contributed by atoms with van der Waals surface area (Å²) < 4.78 is 0. The standard InChI is InChI=1S/C15H17N3O3/c1-7-5-11(6-12(8(7)2)15(20)21)16-14(19)13-9(3)17-18-10(13)4/h5-6H,1-4H3,(H,16,19)(H,17,18)(H,20,21). The highest BCUT2D eigenvalue weighted by molar-refractivity contribution is 6.06. The first-order valence-electron chi connectivity index (χ1n) is 6.48. The van der Waals surface area contributed by atoms with E-state index in [1.807, 2.05) is 6.92 Å². The van der Waals surface area contributed by atoms with E-state index in [-0.39, 0.29) is 11.5 Å². The van der Waals surface area contributed by atoms with Crippen LogP contribution < -0.4 is 5.32 Å². The van der Waals surface area contributed by atoms with Crippen molar-refractivity contribution in [1.29, 1.82) is 0 Å². The number of nitrogens with one attached hydrogen (secondary N) is 2. The average molecular weight is 287 g/mol. The summed E-state index contributed by atoms with van der Waals surface area (Å²) in [4.78, 5) is 23.5. The molecule has 0 fully saturated rings. The Morgan fingerprint density at radius 1 is 1.19 bits per heavy atom. The van der Waals surface area contributed by atoms with Gasteiger partial charge < -0.3 is 10.4 Å². The number of hydrogen-bond donors (Lipinski definition) is 3. The normalized spacial score (nSPS) is 10.5. The first-order valence-corrected chi connectivity index (χ1v) is 6.48. The van der Waals surface area contributed by atoms with Gasteiger partial charge in [-0.15, -0.1) is 0 Å². The minimum Gasteiger partial charge on any atom is -0.478 e. The third-order valence-electron chi connectivity index (χ3n) is 3.51. The number of anilines is 1. The number of aromatic carboxylic acids is 1. The van der Waals surface area contributed by atoms with Gasteiger partial charge in [0, 0.05) is 11.4 Å². The molecule has 0 aliphatic heterocycles. The van der Waals surface area contributed by atoms with E-state index in [0.29, 0.717) is 28.2 Å². The third-order valence-corrected chi connectivity index (χ3v) is 3.51. The molecular formula is C15H17N3O3. The van der Waals surface area contributed by atoms with E-state index in [1.54, 1.807) is 26.8 Å². The molecule has 2 rings (SSSR count). The largest absolute Gasteiger partial charge is 0.478 e. The van der Waals surface area contributed by atoms with E-state index in [4.69, 9.17) is 0 Å². The van der Waals surface area contributed by atoms with Crippen LogP contribution in [0.3, 0.4) is 0 Å². The van der Waals surface area contributed by atoms with Gasteiger partial charge in [-0.3, -0.25) is 9.89 Å². The molecule has 3 N–H and O–H groups in total. The number of aryl methyl sites for hydroxylation is 3. The Labute approximate surface area is 122 Å². The predicted molar refractivity (Wildman–Crippen MR) is 78.9 cm³/mol. The van der Waals surface area contributed by atoms with Crippen molar-refractivity contribution >= 4 is 17.6 Å². The van der Waals surface area contributed by atoms with Crippen molar-refractivity contribution < 1.29 is 14.7 Å². The van der Waals surface area contributed by atoms with E-state index < -0.39 is 5.97 Å². The molecule has 0 bridgehead atoms. The third kappa shape index (κ3) is 2.79.